The Kier molecular flexibility index (Phi) is 6.36. The number of fused-ring (bicyclic) bond motifs is 1. The molecule has 0 saturated heterocycles. The van der Waals surface area contributed by atoms with Gasteiger partial charge >= 0.3 is 0 Å². The highest BCUT2D eigenvalue weighted by atomic mass is 32.1. The maximum absolute atomic E-state index is 12.2. The van der Waals surface area contributed by atoms with Crippen molar-refractivity contribution in [3.8, 4) is 0 Å². The molecular weight excluding hydrogens is 342 g/mol. The molecule has 5 heteroatoms. The van der Waals surface area contributed by atoms with Crippen LogP contribution in [-0.4, -0.2) is 36.4 Å². The topological polar surface area (TPSA) is 45.2 Å². The molecule has 2 aromatic carbocycles. The third-order valence-corrected chi connectivity index (χ3v) is 5.53. The molecule has 26 heavy (non-hydrogen) atoms. The lowest BCUT2D eigenvalue weighted by Crippen LogP contribution is -2.34. The molecule has 4 nitrogen and oxygen atoms in total. The van der Waals surface area contributed by atoms with Crippen LogP contribution in [0.5, 0.6) is 0 Å². The van der Waals surface area contributed by atoms with Crippen LogP contribution >= 0.6 is 11.3 Å². The molecule has 0 spiro atoms. The number of carbonyl (C=O) groups excluding carboxylic acids is 1. The van der Waals surface area contributed by atoms with E-state index >= 15 is 0 Å². The van der Waals surface area contributed by atoms with Crippen LogP contribution in [-0.2, 0) is 11.2 Å². The summed E-state index contributed by atoms with van der Waals surface area (Å²) < 4.78 is 1.21. The zero-order chi connectivity index (χ0) is 18.4. The lowest BCUT2D eigenvalue weighted by molar-refractivity contribution is -0.121. The Hall–Kier alpha value is -2.24. The van der Waals surface area contributed by atoms with E-state index < -0.39 is 0 Å². The summed E-state index contributed by atoms with van der Waals surface area (Å²) in [6, 6.07) is 18.6. The van der Waals surface area contributed by atoms with E-state index in [4.69, 9.17) is 0 Å². The average molecular weight is 368 g/mol. The summed E-state index contributed by atoms with van der Waals surface area (Å²) in [6.45, 7) is 0.622. The quantitative estimate of drug-likeness (QED) is 0.654. The number of likely N-dealkylation sites (N-methyl/N-ethyl adjacent to an activating group) is 1. The molecule has 3 rings (SSSR count). The fraction of sp³-hybridized carbons (Fsp3) is 0.333. The van der Waals surface area contributed by atoms with Crippen LogP contribution in [0.1, 0.15) is 29.5 Å². The van der Waals surface area contributed by atoms with Crippen LogP contribution in [0.2, 0.25) is 0 Å². The van der Waals surface area contributed by atoms with Crippen molar-refractivity contribution in [1.82, 2.24) is 15.2 Å². The van der Waals surface area contributed by atoms with E-state index in [0.29, 0.717) is 13.0 Å². The van der Waals surface area contributed by atoms with E-state index in [1.165, 1.54) is 10.3 Å². The van der Waals surface area contributed by atoms with Crippen LogP contribution < -0.4 is 5.32 Å². The van der Waals surface area contributed by atoms with Gasteiger partial charge in [0.05, 0.1) is 21.3 Å². The number of rotatable bonds is 8. The maximum atomic E-state index is 12.2. The predicted molar refractivity (Wildman–Crippen MR) is 108 cm³/mol. The third kappa shape index (κ3) is 4.90. The first-order chi connectivity index (χ1) is 12.6. The number of benzene rings is 2. The number of carbonyl (C=O) groups is 1. The van der Waals surface area contributed by atoms with Crippen LogP contribution in [0, 0.1) is 0 Å². The monoisotopic (exact) mass is 367 g/mol. The number of amides is 1. The summed E-state index contributed by atoms with van der Waals surface area (Å²) in [4.78, 5) is 19.0. The van der Waals surface area contributed by atoms with Gasteiger partial charge in [-0.05, 0) is 44.6 Å². The molecule has 136 valence electrons. The second-order valence-corrected chi connectivity index (χ2v) is 7.74. The average Bonchev–Trinajstić information content (AvgIpc) is 3.05. The van der Waals surface area contributed by atoms with Crippen LogP contribution in [0.15, 0.2) is 54.6 Å². The van der Waals surface area contributed by atoms with Gasteiger partial charge in [-0.15, -0.1) is 11.3 Å². The largest absolute Gasteiger partial charge is 0.354 e. The Labute approximate surface area is 158 Å². The van der Waals surface area contributed by atoms with Crippen molar-refractivity contribution in [2.24, 2.45) is 0 Å². The fourth-order valence-corrected chi connectivity index (χ4v) is 4.01. The highest BCUT2D eigenvalue weighted by Crippen LogP contribution is 2.22. The third-order valence-electron chi connectivity index (χ3n) is 4.43. The van der Waals surface area contributed by atoms with Crippen molar-refractivity contribution >= 4 is 27.5 Å². The van der Waals surface area contributed by atoms with Crippen LogP contribution in [0.3, 0.4) is 0 Å². The van der Waals surface area contributed by atoms with Crippen molar-refractivity contribution < 1.29 is 4.79 Å². The van der Waals surface area contributed by atoms with Crippen molar-refractivity contribution in [2.75, 3.05) is 20.6 Å². The smallest absolute Gasteiger partial charge is 0.220 e. The molecule has 0 aliphatic rings. The number of hydrogen-bond acceptors (Lipinski definition) is 4. The summed E-state index contributed by atoms with van der Waals surface area (Å²) in [5.41, 5.74) is 2.26. The molecule has 1 N–H and O–H groups in total. The molecule has 0 saturated carbocycles. The van der Waals surface area contributed by atoms with Gasteiger partial charge in [0.1, 0.15) is 0 Å². The molecule has 0 fully saturated rings. The Bertz CT molecular complexity index is 812. The van der Waals surface area contributed by atoms with E-state index in [2.05, 4.69) is 33.4 Å². The van der Waals surface area contributed by atoms with Crippen LogP contribution in [0.25, 0.3) is 10.2 Å². The standard InChI is InChI=1S/C21H25N3OS/c1-24(2)18(16-9-4-3-5-10-16)15-22-20(25)13-8-14-21-23-17-11-6-7-12-19(17)26-21/h3-7,9-12,18H,8,13-15H2,1-2H3,(H,22,25)/t18-/m0/s1. The summed E-state index contributed by atoms with van der Waals surface area (Å²) in [5.74, 6) is 0.105. The Morgan fingerprint density at radius 1 is 1.12 bits per heavy atom. The van der Waals surface area contributed by atoms with Crippen molar-refractivity contribution in [1.29, 1.82) is 0 Å². The van der Waals surface area contributed by atoms with Crippen LogP contribution in [0.4, 0.5) is 0 Å². The fourth-order valence-electron chi connectivity index (χ4n) is 3.00. The minimum atomic E-state index is 0.105. The second kappa shape index (κ2) is 8.92. The second-order valence-electron chi connectivity index (χ2n) is 6.62. The molecule has 0 bridgehead atoms. The van der Waals surface area contributed by atoms with Gasteiger partial charge < -0.3 is 10.2 Å². The number of para-hydroxylation sites is 1. The normalized spacial score (nSPS) is 12.4. The molecule has 1 heterocycles. The van der Waals surface area contributed by atoms with Gasteiger partial charge in [-0.1, -0.05) is 42.5 Å². The van der Waals surface area contributed by atoms with Gasteiger partial charge in [0, 0.05) is 13.0 Å². The maximum Gasteiger partial charge on any atom is 0.220 e. The molecule has 0 unspecified atom stereocenters. The van der Waals surface area contributed by atoms with E-state index in [9.17, 15) is 4.79 Å². The molecule has 0 aliphatic heterocycles. The summed E-state index contributed by atoms with van der Waals surface area (Å²) in [6.07, 6.45) is 2.21. The zero-order valence-electron chi connectivity index (χ0n) is 15.3. The van der Waals surface area contributed by atoms with E-state index in [-0.39, 0.29) is 11.9 Å². The molecule has 1 amide bonds. The van der Waals surface area contributed by atoms with Gasteiger partial charge in [0.15, 0.2) is 0 Å². The van der Waals surface area contributed by atoms with Gasteiger partial charge in [-0.2, -0.15) is 0 Å². The Morgan fingerprint density at radius 2 is 1.85 bits per heavy atom. The molecular formula is C21H25N3OS. The van der Waals surface area contributed by atoms with Gasteiger partial charge in [0.25, 0.3) is 0 Å². The molecule has 0 aliphatic carbocycles. The van der Waals surface area contributed by atoms with Gasteiger partial charge in [0.2, 0.25) is 5.91 Å². The Morgan fingerprint density at radius 3 is 2.58 bits per heavy atom. The SMILES string of the molecule is CN(C)[C@@H](CNC(=O)CCCc1nc2ccccc2s1)c1ccccc1. The minimum Gasteiger partial charge on any atom is -0.354 e. The first kappa shape index (κ1) is 18.5. The minimum absolute atomic E-state index is 0.105. The highest BCUT2D eigenvalue weighted by molar-refractivity contribution is 7.18. The summed E-state index contributed by atoms with van der Waals surface area (Å²) in [7, 11) is 4.08. The number of aromatic nitrogens is 1. The molecule has 1 aromatic heterocycles. The molecule has 3 aromatic rings. The van der Waals surface area contributed by atoms with Crippen molar-refractivity contribution in [3.63, 3.8) is 0 Å². The zero-order valence-corrected chi connectivity index (χ0v) is 16.1. The van der Waals surface area contributed by atoms with Crippen molar-refractivity contribution in [2.45, 2.75) is 25.3 Å². The number of thiazole rings is 1. The first-order valence-electron chi connectivity index (χ1n) is 8.96. The summed E-state index contributed by atoms with van der Waals surface area (Å²) in [5, 5.41) is 4.18. The predicted octanol–water partition coefficient (Wildman–Crippen LogP) is 4.04. The number of nitrogens with one attached hydrogen (secondary N) is 1. The van der Waals surface area contributed by atoms with E-state index in [0.717, 1.165) is 23.4 Å². The number of nitrogens with zero attached hydrogens (tertiary/aromatic N) is 2. The number of aryl methyl sites for hydroxylation is 1. The lowest BCUT2D eigenvalue weighted by Gasteiger charge is -2.25. The molecule has 1 atom stereocenters. The highest BCUT2D eigenvalue weighted by Gasteiger charge is 2.15. The number of hydrogen-bond donors (Lipinski definition) is 1. The van der Waals surface area contributed by atoms with E-state index in [1.807, 2.05) is 50.5 Å². The van der Waals surface area contributed by atoms with Gasteiger partial charge in [-0.25, -0.2) is 4.98 Å². The molecule has 0 radical (unpaired) electrons. The Balaban J connectivity index is 1.46. The summed E-state index contributed by atoms with van der Waals surface area (Å²) >= 11 is 1.72. The van der Waals surface area contributed by atoms with Crippen molar-refractivity contribution in [3.05, 3.63) is 65.2 Å². The van der Waals surface area contributed by atoms with E-state index in [1.54, 1.807) is 11.3 Å². The van der Waals surface area contributed by atoms with Gasteiger partial charge in [-0.3, -0.25) is 4.79 Å². The lowest BCUT2D eigenvalue weighted by atomic mass is 10.1. The first-order valence-corrected chi connectivity index (χ1v) is 9.77.